The number of piperidine rings is 1. The lowest BCUT2D eigenvalue weighted by Crippen LogP contribution is -2.44. The van der Waals surface area contributed by atoms with Crippen LogP contribution in [0.2, 0.25) is 5.02 Å². The van der Waals surface area contributed by atoms with Gasteiger partial charge in [0.15, 0.2) is 11.5 Å². The lowest BCUT2D eigenvalue weighted by molar-refractivity contribution is -0.155. The number of likely N-dealkylation sites (tertiary alicyclic amines) is 1. The number of anilines is 2. The molecule has 1 saturated carbocycles. The minimum absolute atomic E-state index is 0.0354. The Morgan fingerprint density at radius 2 is 1.93 bits per heavy atom. The maximum absolute atomic E-state index is 13.7. The number of hydrogen-bond donors (Lipinski definition) is 1. The molecule has 2 saturated heterocycles. The van der Waals surface area contributed by atoms with E-state index in [-0.39, 0.29) is 16.4 Å². The van der Waals surface area contributed by atoms with Gasteiger partial charge in [-0.25, -0.2) is 14.4 Å². The van der Waals surface area contributed by atoms with Crippen LogP contribution in [0.4, 0.5) is 15.9 Å². The molecule has 6 rings (SSSR count). The molecule has 3 heterocycles. The molecule has 1 spiro atoms. The normalized spacial score (nSPS) is 19.0. The van der Waals surface area contributed by atoms with E-state index in [4.69, 9.17) is 25.8 Å². The van der Waals surface area contributed by atoms with Crippen LogP contribution in [-0.2, 0) is 9.53 Å². The number of ether oxygens (including phenoxy) is 3. The summed E-state index contributed by atoms with van der Waals surface area (Å²) in [5.41, 5.74) is 1.47. The standard InChI is InChI=1S/C30H34ClFN4O4/c31-23-14-21(4-5-24(23)32)35-29-22-15-26(27(40-18-20-2-3-20)16-25(22)33-19-34-29)38-12-1-9-36-10-6-30(7-11-36)8-13-39-28(37)17-30/h4-5,14-16,19-20H,1-3,6-13,17-18H2,(H,33,34,35). The van der Waals surface area contributed by atoms with Crippen LogP contribution < -0.4 is 14.8 Å². The molecule has 0 atom stereocenters. The van der Waals surface area contributed by atoms with Crippen LogP contribution in [0, 0.1) is 17.2 Å². The number of carbonyl (C=O) groups excluding carboxylic acids is 1. The van der Waals surface area contributed by atoms with Crippen LogP contribution in [0.1, 0.15) is 44.9 Å². The minimum atomic E-state index is -0.476. The second kappa shape index (κ2) is 11.7. The second-order valence-electron chi connectivity index (χ2n) is 11.2. The summed E-state index contributed by atoms with van der Waals surface area (Å²) < 4.78 is 31.3. The monoisotopic (exact) mass is 568 g/mol. The third-order valence-corrected chi connectivity index (χ3v) is 8.55. The Morgan fingerprint density at radius 3 is 2.70 bits per heavy atom. The van der Waals surface area contributed by atoms with Crippen LogP contribution >= 0.6 is 11.6 Å². The summed E-state index contributed by atoms with van der Waals surface area (Å²) in [6, 6.07) is 8.27. The first-order valence-corrected chi connectivity index (χ1v) is 14.5. The van der Waals surface area contributed by atoms with Crippen molar-refractivity contribution in [2.45, 2.75) is 44.9 Å². The van der Waals surface area contributed by atoms with Gasteiger partial charge in [-0.3, -0.25) is 4.79 Å². The molecular formula is C30H34ClFN4O4. The highest BCUT2D eigenvalue weighted by Crippen LogP contribution is 2.41. The van der Waals surface area contributed by atoms with Crippen molar-refractivity contribution in [2.75, 3.05) is 44.8 Å². The number of benzene rings is 2. The fourth-order valence-electron chi connectivity index (χ4n) is 5.57. The van der Waals surface area contributed by atoms with Gasteiger partial charge in [-0.1, -0.05) is 11.6 Å². The molecule has 1 N–H and O–H groups in total. The van der Waals surface area contributed by atoms with Gasteiger partial charge in [0.2, 0.25) is 0 Å². The molecule has 212 valence electrons. The quantitative estimate of drug-likeness (QED) is 0.230. The van der Waals surface area contributed by atoms with Crippen LogP contribution in [0.5, 0.6) is 11.5 Å². The summed E-state index contributed by atoms with van der Waals surface area (Å²) in [6.07, 6.45) is 8.38. The smallest absolute Gasteiger partial charge is 0.306 e. The number of esters is 1. The molecular weight excluding hydrogens is 535 g/mol. The van der Waals surface area contributed by atoms with E-state index in [1.807, 2.05) is 12.1 Å². The Bertz CT molecular complexity index is 1380. The van der Waals surface area contributed by atoms with Crippen molar-refractivity contribution in [1.82, 2.24) is 14.9 Å². The fourth-order valence-corrected chi connectivity index (χ4v) is 5.75. The van der Waals surface area contributed by atoms with Gasteiger partial charge in [0.05, 0.1) is 36.8 Å². The number of aromatic nitrogens is 2. The number of nitrogens with zero attached hydrogens (tertiary/aromatic N) is 3. The van der Waals surface area contributed by atoms with Gasteiger partial charge in [-0.15, -0.1) is 0 Å². The van der Waals surface area contributed by atoms with E-state index < -0.39 is 5.82 Å². The first-order chi connectivity index (χ1) is 19.5. The molecule has 1 aromatic heterocycles. The number of cyclic esters (lactones) is 1. The molecule has 3 aliphatic rings. The number of fused-ring (bicyclic) bond motifs is 1. The number of rotatable bonds is 10. The fraction of sp³-hybridized carbons (Fsp3) is 0.500. The van der Waals surface area contributed by atoms with Crippen molar-refractivity contribution in [3.05, 3.63) is 47.5 Å². The van der Waals surface area contributed by atoms with Gasteiger partial charge in [0, 0.05) is 23.7 Å². The number of nitrogens with one attached hydrogen (secondary N) is 1. The molecule has 0 bridgehead atoms. The number of carbonyl (C=O) groups is 1. The molecule has 1 aliphatic carbocycles. The largest absolute Gasteiger partial charge is 0.490 e. The molecule has 0 unspecified atom stereocenters. The van der Waals surface area contributed by atoms with Gasteiger partial charge in [-0.2, -0.15) is 0 Å². The summed E-state index contributed by atoms with van der Waals surface area (Å²) in [5, 5.41) is 4.03. The van der Waals surface area contributed by atoms with Crippen molar-refractivity contribution < 1.29 is 23.4 Å². The third kappa shape index (κ3) is 6.41. The summed E-state index contributed by atoms with van der Waals surface area (Å²) in [4.78, 5) is 23.1. The Hall–Kier alpha value is -3.17. The molecule has 40 heavy (non-hydrogen) atoms. The Kier molecular flexibility index (Phi) is 7.94. The highest BCUT2D eigenvalue weighted by Gasteiger charge is 2.39. The van der Waals surface area contributed by atoms with Crippen LogP contribution in [0.15, 0.2) is 36.7 Å². The summed E-state index contributed by atoms with van der Waals surface area (Å²) >= 11 is 5.97. The van der Waals surface area contributed by atoms with Crippen LogP contribution in [-0.4, -0.2) is 60.3 Å². The minimum Gasteiger partial charge on any atom is -0.490 e. The second-order valence-corrected chi connectivity index (χ2v) is 11.6. The first-order valence-electron chi connectivity index (χ1n) is 14.1. The van der Waals surface area contributed by atoms with Crippen molar-refractivity contribution in [3.63, 3.8) is 0 Å². The predicted molar refractivity (Wildman–Crippen MR) is 151 cm³/mol. The van der Waals surface area contributed by atoms with Crippen molar-refractivity contribution in [3.8, 4) is 11.5 Å². The lowest BCUT2D eigenvalue weighted by atomic mass is 9.72. The van der Waals surface area contributed by atoms with Gasteiger partial charge in [-0.05, 0) is 87.2 Å². The van der Waals surface area contributed by atoms with Gasteiger partial charge in [0.25, 0.3) is 0 Å². The first kappa shape index (κ1) is 27.0. The van der Waals surface area contributed by atoms with E-state index >= 15 is 0 Å². The van der Waals surface area contributed by atoms with E-state index in [1.54, 1.807) is 6.07 Å². The zero-order valence-electron chi connectivity index (χ0n) is 22.5. The average Bonchev–Trinajstić information content (AvgIpc) is 3.78. The molecule has 2 aliphatic heterocycles. The van der Waals surface area contributed by atoms with E-state index in [9.17, 15) is 9.18 Å². The van der Waals surface area contributed by atoms with Crippen molar-refractivity contribution in [2.24, 2.45) is 11.3 Å². The molecule has 3 aromatic rings. The predicted octanol–water partition coefficient (Wildman–Crippen LogP) is 6.14. The Labute approximate surface area is 238 Å². The zero-order chi connectivity index (χ0) is 27.5. The van der Waals surface area contributed by atoms with Crippen molar-refractivity contribution in [1.29, 1.82) is 0 Å². The molecule has 2 aromatic carbocycles. The summed E-state index contributed by atoms with van der Waals surface area (Å²) in [6.45, 7) is 4.70. The summed E-state index contributed by atoms with van der Waals surface area (Å²) in [5.74, 6) is 1.98. The third-order valence-electron chi connectivity index (χ3n) is 8.26. The van der Waals surface area contributed by atoms with Gasteiger partial charge >= 0.3 is 5.97 Å². The van der Waals surface area contributed by atoms with Crippen LogP contribution in [0.3, 0.4) is 0 Å². The molecule has 8 nitrogen and oxygen atoms in total. The van der Waals surface area contributed by atoms with Gasteiger partial charge in [0.1, 0.15) is 18.0 Å². The average molecular weight is 569 g/mol. The molecule has 0 amide bonds. The Morgan fingerprint density at radius 1 is 1.10 bits per heavy atom. The zero-order valence-corrected chi connectivity index (χ0v) is 23.2. The molecule has 10 heteroatoms. The maximum Gasteiger partial charge on any atom is 0.306 e. The van der Waals surface area contributed by atoms with E-state index in [0.717, 1.165) is 56.2 Å². The van der Waals surface area contributed by atoms with Crippen molar-refractivity contribution >= 4 is 40.0 Å². The highest BCUT2D eigenvalue weighted by atomic mass is 35.5. The van der Waals surface area contributed by atoms with E-state index in [0.29, 0.717) is 55.2 Å². The number of hydrogen-bond acceptors (Lipinski definition) is 8. The molecule has 0 radical (unpaired) electrons. The number of halogens is 2. The summed E-state index contributed by atoms with van der Waals surface area (Å²) in [7, 11) is 0. The van der Waals surface area contributed by atoms with E-state index in [2.05, 4.69) is 20.2 Å². The molecule has 3 fully saturated rings. The maximum atomic E-state index is 13.7. The lowest BCUT2D eigenvalue weighted by Gasteiger charge is -2.43. The topological polar surface area (TPSA) is 85.8 Å². The SMILES string of the molecule is O=C1CC2(CCO1)CCN(CCCOc1cc3c(Nc4ccc(F)c(Cl)c4)ncnc3cc1OCC1CC1)CC2. The van der Waals surface area contributed by atoms with E-state index in [1.165, 1.54) is 31.3 Å². The highest BCUT2D eigenvalue weighted by molar-refractivity contribution is 6.31. The van der Waals surface area contributed by atoms with Crippen LogP contribution in [0.25, 0.3) is 10.9 Å². The Balaban J connectivity index is 1.11. The van der Waals surface area contributed by atoms with Gasteiger partial charge < -0.3 is 24.4 Å².